The summed E-state index contributed by atoms with van der Waals surface area (Å²) in [4.78, 5) is 31.8. The molecule has 2 aliphatic heterocycles. The maximum atomic E-state index is 13.6. The molecule has 2 heterocycles. The topological polar surface area (TPSA) is 43.9 Å². The first-order valence-corrected chi connectivity index (χ1v) is 12.4. The van der Waals surface area contributed by atoms with Gasteiger partial charge < -0.3 is 4.90 Å². The van der Waals surface area contributed by atoms with Gasteiger partial charge in [-0.15, -0.1) is 0 Å². The minimum absolute atomic E-state index is 0.150. The van der Waals surface area contributed by atoms with Gasteiger partial charge in [0.05, 0.1) is 18.2 Å². The van der Waals surface area contributed by atoms with E-state index in [-0.39, 0.29) is 30.8 Å². The molecule has 3 aromatic rings. The van der Waals surface area contributed by atoms with Crippen LogP contribution in [-0.4, -0.2) is 54.5 Å². The number of carbonyl (C=O) groups excluding carboxylic acids is 2. The molecule has 0 N–H and O–H groups in total. The van der Waals surface area contributed by atoms with E-state index in [2.05, 4.69) is 0 Å². The molecule has 8 heteroatoms. The summed E-state index contributed by atoms with van der Waals surface area (Å²) in [6.07, 6.45) is -4.24. The number of likely N-dealkylation sites (tertiary alicyclic amines) is 1. The van der Waals surface area contributed by atoms with Gasteiger partial charge >= 0.3 is 6.18 Å². The van der Waals surface area contributed by atoms with Crippen LogP contribution in [0, 0.1) is 5.92 Å². The van der Waals surface area contributed by atoms with Gasteiger partial charge in [-0.25, -0.2) is 0 Å². The third kappa shape index (κ3) is 5.39. The van der Waals surface area contributed by atoms with E-state index in [1.807, 2.05) is 70.5 Å². The first-order valence-electron chi connectivity index (χ1n) is 12.4. The molecule has 5 rings (SSSR count). The number of rotatable bonds is 6. The van der Waals surface area contributed by atoms with E-state index >= 15 is 0 Å². The van der Waals surface area contributed by atoms with Crippen LogP contribution in [0.25, 0.3) is 0 Å². The first-order chi connectivity index (χ1) is 17.8. The average Bonchev–Trinajstić information content (AvgIpc) is 3.18. The highest BCUT2D eigenvalue weighted by Gasteiger charge is 2.44. The predicted octanol–water partition coefficient (Wildman–Crippen LogP) is 4.99. The Morgan fingerprint density at radius 3 is 1.95 bits per heavy atom. The van der Waals surface area contributed by atoms with Crippen molar-refractivity contribution >= 4 is 17.5 Å². The van der Waals surface area contributed by atoms with Crippen LogP contribution in [0.1, 0.15) is 29.0 Å². The van der Waals surface area contributed by atoms with Gasteiger partial charge in [0.15, 0.2) is 0 Å². The second kappa shape index (κ2) is 10.4. The van der Waals surface area contributed by atoms with E-state index in [1.54, 1.807) is 6.07 Å². The molecule has 2 saturated heterocycles. The van der Waals surface area contributed by atoms with Crippen molar-refractivity contribution in [1.29, 1.82) is 0 Å². The number of carbonyl (C=O) groups is 2. The quantitative estimate of drug-likeness (QED) is 0.441. The molecular formula is C29H28F3N3O2. The molecule has 1 unspecified atom stereocenters. The molecule has 0 bridgehead atoms. The molecular weight excluding hydrogens is 479 g/mol. The predicted molar refractivity (Wildman–Crippen MR) is 135 cm³/mol. The van der Waals surface area contributed by atoms with Crippen molar-refractivity contribution < 1.29 is 22.8 Å². The largest absolute Gasteiger partial charge is 0.416 e. The molecule has 37 heavy (non-hydrogen) atoms. The number of hydrogen-bond acceptors (Lipinski definition) is 4. The van der Waals surface area contributed by atoms with Gasteiger partial charge in [0.25, 0.3) is 0 Å². The Kier molecular flexibility index (Phi) is 7.02. The summed E-state index contributed by atoms with van der Waals surface area (Å²) in [5, 5.41) is 0. The molecule has 2 amide bonds. The Hall–Kier alpha value is -3.65. The third-order valence-corrected chi connectivity index (χ3v) is 7.25. The summed E-state index contributed by atoms with van der Waals surface area (Å²) in [5.41, 5.74) is 1.85. The average molecular weight is 508 g/mol. The summed E-state index contributed by atoms with van der Waals surface area (Å²) >= 11 is 0. The smallest absolute Gasteiger partial charge is 0.369 e. The van der Waals surface area contributed by atoms with Gasteiger partial charge in [-0.05, 0) is 29.3 Å². The number of hydrogen-bond donors (Lipinski definition) is 0. The number of piperazine rings is 1. The number of alkyl halides is 3. The van der Waals surface area contributed by atoms with Crippen molar-refractivity contribution in [1.82, 2.24) is 9.80 Å². The molecule has 1 atom stereocenters. The highest BCUT2D eigenvalue weighted by Crippen LogP contribution is 2.39. The molecule has 0 radical (unpaired) electrons. The Morgan fingerprint density at radius 2 is 1.38 bits per heavy atom. The van der Waals surface area contributed by atoms with E-state index in [0.29, 0.717) is 31.9 Å². The summed E-state index contributed by atoms with van der Waals surface area (Å²) in [5.74, 6) is -1.07. The molecule has 0 aliphatic carbocycles. The lowest BCUT2D eigenvalue weighted by molar-refractivity contribution is -0.142. The molecule has 5 nitrogen and oxygen atoms in total. The maximum absolute atomic E-state index is 13.6. The molecule has 0 saturated carbocycles. The van der Waals surface area contributed by atoms with Crippen LogP contribution in [0.2, 0.25) is 0 Å². The van der Waals surface area contributed by atoms with Crippen LogP contribution in [0.15, 0.2) is 84.9 Å². The van der Waals surface area contributed by atoms with E-state index < -0.39 is 17.7 Å². The van der Waals surface area contributed by atoms with Crippen LogP contribution in [0.4, 0.5) is 18.9 Å². The number of halogens is 3. The van der Waals surface area contributed by atoms with Crippen molar-refractivity contribution in [2.45, 2.75) is 18.5 Å². The van der Waals surface area contributed by atoms with Crippen LogP contribution < -0.4 is 4.90 Å². The van der Waals surface area contributed by atoms with Gasteiger partial charge in [-0.1, -0.05) is 66.7 Å². The summed E-state index contributed by atoms with van der Waals surface area (Å²) < 4.78 is 39.3. The second-order valence-electron chi connectivity index (χ2n) is 9.56. The second-order valence-corrected chi connectivity index (χ2v) is 9.56. The monoisotopic (exact) mass is 507 g/mol. The Morgan fingerprint density at radius 1 is 0.784 bits per heavy atom. The van der Waals surface area contributed by atoms with E-state index in [1.165, 1.54) is 17.0 Å². The lowest BCUT2D eigenvalue weighted by atomic mass is 9.80. The molecule has 3 aromatic carbocycles. The standard InChI is InChI=1S/C29H28F3N3O2/c30-29(31,32)23-12-7-13-24(18-23)34-16-14-33(15-17-34)20-35-26(36)19-25(28(35)37)27(21-8-3-1-4-9-21)22-10-5-2-6-11-22/h1-13,18,25,27H,14-17,19-20H2. The fourth-order valence-corrected chi connectivity index (χ4v) is 5.32. The number of anilines is 1. The van der Waals surface area contributed by atoms with Crippen molar-refractivity contribution in [3.8, 4) is 0 Å². The minimum Gasteiger partial charge on any atom is -0.369 e. The zero-order valence-corrected chi connectivity index (χ0v) is 20.3. The number of amides is 2. The van der Waals surface area contributed by atoms with Gasteiger partial charge in [-0.3, -0.25) is 19.4 Å². The van der Waals surface area contributed by atoms with Crippen LogP contribution in [0.5, 0.6) is 0 Å². The van der Waals surface area contributed by atoms with Crippen LogP contribution in [0.3, 0.4) is 0 Å². The Labute approximate surface area is 214 Å². The van der Waals surface area contributed by atoms with Crippen LogP contribution >= 0.6 is 0 Å². The van der Waals surface area contributed by atoms with Crippen molar-refractivity contribution in [2.24, 2.45) is 5.92 Å². The zero-order valence-electron chi connectivity index (χ0n) is 20.3. The summed E-state index contributed by atoms with van der Waals surface area (Å²) in [6.45, 7) is 2.30. The molecule has 2 fully saturated rings. The molecule has 0 aromatic heterocycles. The summed E-state index contributed by atoms with van der Waals surface area (Å²) in [6, 6.07) is 24.9. The van der Waals surface area contributed by atoms with E-state index in [4.69, 9.17) is 0 Å². The lowest BCUT2D eigenvalue weighted by Gasteiger charge is -2.37. The number of imide groups is 1. The Balaban J connectivity index is 1.26. The summed E-state index contributed by atoms with van der Waals surface area (Å²) in [7, 11) is 0. The van der Waals surface area contributed by atoms with Gasteiger partial charge in [0.2, 0.25) is 11.8 Å². The minimum atomic E-state index is -4.39. The van der Waals surface area contributed by atoms with Crippen molar-refractivity contribution in [3.63, 3.8) is 0 Å². The normalized spacial score (nSPS) is 19.2. The fraction of sp³-hybridized carbons (Fsp3) is 0.310. The van der Waals surface area contributed by atoms with Gasteiger partial charge in [0, 0.05) is 44.2 Å². The van der Waals surface area contributed by atoms with Gasteiger partial charge in [0.1, 0.15) is 0 Å². The van der Waals surface area contributed by atoms with E-state index in [0.717, 1.165) is 17.2 Å². The number of benzene rings is 3. The van der Waals surface area contributed by atoms with Gasteiger partial charge in [-0.2, -0.15) is 13.2 Å². The van der Waals surface area contributed by atoms with Crippen molar-refractivity contribution in [3.05, 3.63) is 102 Å². The third-order valence-electron chi connectivity index (χ3n) is 7.25. The van der Waals surface area contributed by atoms with E-state index in [9.17, 15) is 22.8 Å². The van der Waals surface area contributed by atoms with Crippen molar-refractivity contribution in [2.75, 3.05) is 37.7 Å². The first kappa shape index (κ1) is 25.0. The zero-order chi connectivity index (χ0) is 26.0. The number of nitrogens with zero attached hydrogens (tertiary/aromatic N) is 3. The molecule has 0 spiro atoms. The molecule has 192 valence electrons. The highest BCUT2D eigenvalue weighted by atomic mass is 19.4. The SMILES string of the molecule is O=C1CC(C(c2ccccc2)c2ccccc2)C(=O)N1CN1CCN(c2cccc(C(F)(F)F)c2)CC1. The fourth-order valence-electron chi connectivity index (χ4n) is 5.32. The van der Waals surface area contributed by atoms with Crippen LogP contribution in [-0.2, 0) is 15.8 Å². The lowest BCUT2D eigenvalue weighted by Crippen LogP contribution is -2.51. The maximum Gasteiger partial charge on any atom is 0.416 e. The molecule has 2 aliphatic rings. The Bertz CT molecular complexity index is 1200. The highest BCUT2D eigenvalue weighted by molar-refractivity contribution is 6.04.